The van der Waals surface area contributed by atoms with Crippen molar-refractivity contribution < 1.29 is 13.5 Å². The van der Waals surface area contributed by atoms with E-state index in [0.29, 0.717) is 6.54 Å². The maximum atomic E-state index is 13.0. The van der Waals surface area contributed by atoms with Gasteiger partial charge in [0.15, 0.2) is 0 Å². The van der Waals surface area contributed by atoms with Crippen LogP contribution in [0.3, 0.4) is 0 Å². The predicted octanol–water partition coefficient (Wildman–Crippen LogP) is 1.16. The molecule has 12 heavy (non-hydrogen) atoms. The Kier molecular flexibility index (Phi) is 1.84. The fourth-order valence-electron chi connectivity index (χ4n) is 2.02. The number of hydrogen-bond acceptors (Lipinski definition) is 2. The second-order valence-corrected chi connectivity index (χ2v) is 3.74. The van der Waals surface area contributed by atoms with Crippen molar-refractivity contribution in [1.82, 2.24) is 5.32 Å². The van der Waals surface area contributed by atoms with E-state index in [-0.39, 0.29) is 19.4 Å². The van der Waals surface area contributed by atoms with Gasteiger partial charge in [0, 0.05) is 19.4 Å². The SMILES string of the molecule is FC1(F)CCOC2(CCNC2)C1. The molecule has 2 nitrogen and oxygen atoms in total. The summed E-state index contributed by atoms with van der Waals surface area (Å²) >= 11 is 0. The van der Waals surface area contributed by atoms with Crippen LogP contribution in [-0.4, -0.2) is 31.2 Å². The monoisotopic (exact) mass is 177 g/mol. The molecule has 1 unspecified atom stereocenters. The summed E-state index contributed by atoms with van der Waals surface area (Å²) in [7, 11) is 0. The molecular formula is C8H13F2NO. The maximum absolute atomic E-state index is 13.0. The quantitative estimate of drug-likeness (QED) is 0.599. The smallest absolute Gasteiger partial charge is 0.253 e. The summed E-state index contributed by atoms with van der Waals surface area (Å²) in [5.74, 6) is -2.51. The molecule has 2 fully saturated rings. The summed E-state index contributed by atoms with van der Waals surface area (Å²) in [6.45, 7) is 1.59. The van der Waals surface area contributed by atoms with Crippen LogP contribution in [0.15, 0.2) is 0 Å². The van der Waals surface area contributed by atoms with Gasteiger partial charge in [0.05, 0.1) is 12.2 Å². The minimum atomic E-state index is -2.51. The predicted molar refractivity (Wildman–Crippen MR) is 40.4 cm³/mol. The zero-order valence-corrected chi connectivity index (χ0v) is 6.91. The van der Waals surface area contributed by atoms with Gasteiger partial charge in [-0.15, -0.1) is 0 Å². The molecule has 0 aromatic heterocycles. The van der Waals surface area contributed by atoms with Gasteiger partial charge in [-0.05, 0) is 13.0 Å². The Balaban J connectivity index is 2.07. The molecule has 0 aliphatic carbocycles. The molecular weight excluding hydrogens is 164 g/mol. The first-order chi connectivity index (χ1) is 5.62. The lowest BCUT2D eigenvalue weighted by atomic mass is 9.90. The lowest BCUT2D eigenvalue weighted by Crippen LogP contribution is -2.46. The van der Waals surface area contributed by atoms with E-state index < -0.39 is 11.5 Å². The van der Waals surface area contributed by atoms with E-state index in [9.17, 15) is 8.78 Å². The number of hydrogen-bond donors (Lipinski definition) is 1. The van der Waals surface area contributed by atoms with E-state index in [0.717, 1.165) is 13.0 Å². The summed E-state index contributed by atoms with van der Waals surface area (Å²) in [6, 6.07) is 0. The van der Waals surface area contributed by atoms with Crippen LogP contribution in [0.4, 0.5) is 8.78 Å². The normalized spacial score (nSPS) is 40.5. The molecule has 1 spiro atoms. The van der Waals surface area contributed by atoms with Gasteiger partial charge in [-0.2, -0.15) is 0 Å². The molecule has 0 bridgehead atoms. The lowest BCUT2D eigenvalue weighted by molar-refractivity contribution is -0.170. The Morgan fingerprint density at radius 3 is 2.67 bits per heavy atom. The molecule has 4 heteroatoms. The molecule has 0 radical (unpaired) electrons. The minimum Gasteiger partial charge on any atom is -0.373 e. The summed E-state index contributed by atoms with van der Waals surface area (Å²) in [5.41, 5.74) is -0.554. The van der Waals surface area contributed by atoms with E-state index in [1.165, 1.54) is 0 Å². The van der Waals surface area contributed by atoms with E-state index in [1.807, 2.05) is 0 Å². The van der Waals surface area contributed by atoms with Crippen LogP contribution in [0.5, 0.6) is 0 Å². The molecule has 0 saturated carbocycles. The Morgan fingerprint density at radius 1 is 1.25 bits per heavy atom. The van der Waals surface area contributed by atoms with Crippen molar-refractivity contribution in [3.05, 3.63) is 0 Å². The van der Waals surface area contributed by atoms with Gasteiger partial charge in [-0.3, -0.25) is 0 Å². The topological polar surface area (TPSA) is 21.3 Å². The summed E-state index contributed by atoms with van der Waals surface area (Å²) in [4.78, 5) is 0. The molecule has 0 aromatic rings. The van der Waals surface area contributed by atoms with Crippen molar-refractivity contribution in [3.63, 3.8) is 0 Å². The molecule has 2 heterocycles. The molecule has 1 atom stereocenters. The minimum absolute atomic E-state index is 0.104. The summed E-state index contributed by atoms with van der Waals surface area (Å²) < 4.78 is 31.4. The average molecular weight is 177 g/mol. The molecule has 2 rings (SSSR count). The highest BCUT2D eigenvalue weighted by molar-refractivity contribution is 4.96. The molecule has 0 aromatic carbocycles. The molecule has 2 aliphatic rings. The zero-order chi connectivity index (χ0) is 8.66. The van der Waals surface area contributed by atoms with Crippen molar-refractivity contribution in [2.75, 3.05) is 19.7 Å². The van der Waals surface area contributed by atoms with Crippen LogP contribution in [-0.2, 0) is 4.74 Å². The Bertz CT molecular complexity index is 178. The molecule has 2 saturated heterocycles. The second kappa shape index (κ2) is 2.64. The van der Waals surface area contributed by atoms with Crippen molar-refractivity contribution in [3.8, 4) is 0 Å². The fourth-order valence-corrected chi connectivity index (χ4v) is 2.02. The number of rotatable bonds is 0. The lowest BCUT2D eigenvalue weighted by Gasteiger charge is -2.37. The molecule has 1 N–H and O–H groups in total. The first-order valence-electron chi connectivity index (χ1n) is 4.35. The van der Waals surface area contributed by atoms with Crippen molar-refractivity contribution in [2.45, 2.75) is 30.8 Å². The van der Waals surface area contributed by atoms with Gasteiger partial charge in [-0.1, -0.05) is 0 Å². The summed E-state index contributed by atoms with van der Waals surface area (Å²) in [5, 5.41) is 3.06. The first-order valence-corrected chi connectivity index (χ1v) is 4.35. The molecule has 0 amide bonds. The van der Waals surface area contributed by atoms with Crippen molar-refractivity contribution in [2.24, 2.45) is 0 Å². The third kappa shape index (κ3) is 1.45. The van der Waals surface area contributed by atoms with E-state index in [1.54, 1.807) is 0 Å². The van der Waals surface area contributed by atoms with Crippen LogP contribution >= 0.6 is 0 Å². The van der Waals surface area contributed by atoms with Gasteiger partial charge in [0.1, 0.15) is 0 Å². The third-order valence-corrected chi connectivity index (χ3v) is 2.66. The Hall–Kier alpha value is -0.220. The van der Waals surface area contributed by atoms with E-state index >= 15 is 0 Å². The summed E-state index contributed by atoms with van der Waals surface area (Å²) in [6.07, 6.45) is 0.504. The van der Waals surface area contributed by atoms with Gasteiger partial charge in [0.25, 0.3) is 5.92 Å². The van der Waals surface area contributed by atoms with Gasteiger partial charge >= 0.3 is 0 Å². The Labute approximate surface area is 70.3 Å². The highest BCUT2D eigenvalue weighted by Gasteiger charge is 2.48. The zero-order valence-electron chi connectivity index (χ0n) is 6.91. The Morgan fingerprint density at radius 2 is 2.08 bits per heavy atom. The molecule has 2 aliphatic heterocycles. The fraction of sp³-hybridized carbons (Fsp3) is 1.00. The standard InChI is InChI=1S/C8H13F2NO/c9-8(10)2-4-12-7(5-8)1-3-11-6-7/h11H,1-6H2. The van der Waals surface area contributed by atoms with Crippen LogP contribution in [0, 0.1) is 0 Å². The van der Waals surface area contributed by atoms with Crippen LogP contribution < -0.4 is 5.32 Å². The number of halogens is 2. The first kappa shape index (κ1) is 8.38. The highest BCUT2D eigenvalue weighted by atomic mass is 19.3. The van der Waals surface area contributed by atoms with Crippen LogP contribution in [0.25, 0.3) is 0 Å². The van der Waals surface area contributed by atoms with Gasteiger partial charge < -0.3 is 10.1 Å². The molecule has 70 valence electrons. The van der Waals surface area contributed by atoms with Crippen LogP contribution in [0.1, 0.15) is 19.3 Å². The number of ether oxygens (including phenoxy) is 1. The number of nitrogens with one attached hydrogen (secondary N) is 1. The van der Waals surface area contributed by atoms with E-state index in [4.69, 9.17) is 4.74 Å². The van der Waals surface area contributed by atoms with Crippen LogP contribution in [0.2, 0.25) is 0 Å². The number of alkyl halides is 2. The maximum Gasteiger partial charge on any atom is 0.253 e. The van der Waals surface area contributed by atoms with Gasteiger partial charge in [0.2, 0.25) is 0 Å². The van der Waals surface area contributed by atoms with Crippen molar-refractivity contribution in [1.29, 1.82) is 0 Å². The largest absolute Gasteiger partial charge is 0.373 e. The highest BCUT2D eigenvalue weighted by Crippen LogP contribution is 2.39. The van der Waals surface area contributed by atoms with Crippen molar-refractivity contribution >= 4 is 0 Å². The van der Waals surface area contributed by atoms with Gasteiger partial charge in [-0.25, -0.2) is 8.78 Å². The second-order valence-electron chi connectivity index (χ2n) is 3.74. The average Bonchev–Trinajstić information content (AvgIpc) is 2.34. The van der Waals surface area contributed by atoms with E-state index in [2.05, 4.69) is 5.32 Å². The third-order valence-electron chi connectivity index (χ3n) is 2.66.